The van der Waals surface area contributed by atoms with Crippen molar-refractivity contribution in [3.05, 3.63) is 70.8 Å². The van der Waals surface area contributed by atoms with E-state index >= 15 is 0 Å². The maximum atomic E-state index is 12.3. The van der Waals surface area contributed by atoms with Crippen LogP contribution >= 0.6 is 11.6 Å². The van der Waals surface area contributed by atoms with Gasteiger partial charge in [-0.15, -0.1) is 0 Å². The predicted octanol–water partition coefficient (Wildman–Crippen LogP) is 2.00. The Labute approximate surface area is 153 Å². The Kier molecular flexibility index (Phi) is 5.33. The lowest BCUT2D eigenvalue weighted by Crippen LogP contribution is -2.42. The number of carboxylic acids is 1. The third-order valence-corrected chi connectivity index (χ3v) is 3.84. The van der Waals surface area contributed by atoms with Crippen molar-refractivity contribution in [2.24, 2.45) is 0 Å². The summed E-state index contributed by atoms with van der Waals surface area (Å²) in [4.78, 5) is 23.8. The molecule has 3 aromatic rings. The van der Waals surface area contributed by atoms with E-state index in [4.69, 9.17) is 16.1 Å². The van der Waals surface area contributed by atoms with Gasteiger partial charge >= 0.3 is 5.97 Å². The highest BCUT2D eigenvalue weighted by Gasteiger charge is 2.23. The van der Waals surface area contributed by atoms with E-state index in [1.54, 1.807) is 47.4 Å². The molecule has 0 fully saturated rings. The van der Waals surface area contributed by atoms with Crippen LogP contribution in [0.1, 0.15) is 21.8 Å². The molecule has 0 spiro atoms. The van der Waals surface area contributed by atoms with E-state index in [1.807, 2.05) is 0 Å². The standard InChI is InChI=1S/C17H15ClN4O4/c18-12-4-1-3-11(7-12)8-15(17(24)25)20-16(23)14-9-13(26-21-14)10-22-6-2-5-19-22/h1-7,9,15H,8,10H2,(H,20,23)(H,24,25). The van der Waals surface area contributed by atoms with Crippen molar-refractivity contribution >= 4 is 23.5 Å². The fourth-order valence-corrected chi connectivity index (χ4v) is 2.59. The molecule has 134 valence electrons. The second-order valence-electron chi connectivity index (χ2n) is 5.58. The van der Waals surface area contributed by atoms with Crippen LogP contribution in [0.3, 0.4) is 0 Å². The molecule has 0 radical (unpaired) electrons. The second kappa shape index (κ2) is 7.83. The van der Waals surface area contributed by atoms with E-state index in [0.29, 0.717) is 22.9 Å². The monoisotopic (exact) mass is 374 g/mol. The summed E-state index contributed by atoms with van der Waals surface area (Å²) in [5.74, 6) is -1.35. The number of nitrogens with zero attached hydrogens (tertiary/aromatic N) is 3. The number of amides is 1. The highest BCUT2D eigenvalue weighted by molar-refractivity contribution is 6.30. The van der Waals surface area contributed by atoms with Crippen molar-refractivity contribution in [3.8, 4) is 0 Å². The van der Waals surface area contributed by atoms with Gasteiger partial charge in [0.15, 0.2) is 11.5 Å². The molecule has 8 nitrogen and oxygen atoms in total. The average Bonchev–Trinajstić information content (AvgIpc) is 3.26. The van der Waals surface area contributed by atoms with Gasteiger partial charge in [-0.25, -0.2) is 4.79 Å². The SMILES string of the molecule is O=C(NC(Cc1cccc(Cl)c1)C(=O)O)c1cc(Cn2cccn2)on1. The summed E-state index contributed by atoms with van der Waals surface area (Å²) < 4.78 is 6.71. The molecular formula is C17H15ClN4O4. The lowest BCUT2D eigenvalue weighted by atomic mass is 10.1. The Morgan fingerprint density at radius 1 is 1.31 bits per heavy atom. The maximum Gasteiger partial charge on any atom is 0.326 e. The Bertz CT molecular complexity index is 907. The molecule has 0 bridgehead atoms. The van der Waals surface area contributed by atoms with Crippen LogP contribution in [-0.2, 0) is 17.8 Å². The Hall–Kier alpha value is -3.13. The molecule has 1 atom stereocenters. The minimum Gasteiger partial charge on any atom is -0.480 e. The molecule has 0 saturated carbocycles. The summed E-state index contributed by atoms with van der Waals surface area (Å²) in [6.45, 7) is 0.318. The fraction of sp³-hybridized carbons (Fsp3) is 0.176. The summed E-state index contributed by atoms with van der Waals surface area (Å²) in [6.07, 6.45) is 3.46. The third kappa shape index (κ3) is 4.48. The van der Waals surface area contributed by atoms with Gasteiger partial charge in [-0.2, -0.15) is 5.10 Å². The van der Waals surface area contributed by atoms with Gasteiger partial charge in [-0.3, -0.25) is 9.48 Å². The molecule has 2 N–H and O–H groups in total. The quantitative estimate of drug-likeness (QED) is 0.654. The van der Waals surface area contributed by atoms with E-state index in [0.717, 1.165) is 0 Å². The van der Waals surface area contributed by atoms with Crippen LogP contribution in [0.5, 0.6) is 0 Å². The van der Waals surface area contributed by atoms with Gasteiger partial charge in [0.25, 0.3) is 5.91 Å². The number of benzene rings is 1. The topological polar surface area (TPSA) is 110 Å². The first-order valence-corrected chi connectivity index (χ1v) is 8.10. The molecule has 0 aliphatic rings. The second-order valence-corrected chi connectivity index (χ2v) is 6.02. The molecule has 9 heteroatoms. The number of hydrogen-bond acceptors (Lipinski definition) is 5. The zero-order valence-corrected chi connectivity index (χ0v) is 14.3. The van der Waals surface area contributed by atoms with Crippen LogP contribution in [0.25, 0.3) is 0 Å². The molecule has 0 aliphatic heterocycles. The summed E-state index contributed by atoms with van der Waals surface area (Å²) >= 11 is 5.91. The van der Waals surface area contributed by atoms with E-state index in [9.17, 15) is 14.7 Å². The van der Waals surface area contributed by atoms with Crippen LogP contribution in [0.4, 0.5) is 0 Å². The molecule has 3 rings (SSSR count). The number of aromatic nitrogens is 3. The molecule has 26 heavy (non-hydrogen) atoms. The van der Waals surface area contributed by atoms with Crippen molar-refractivity contribution in [2.45, 2.75) is 19.0 Å². The molecule has 0 saturated heterocycles. The molecule has 0 aliphatic carbocycles. The van der Waals surface area contributed by atoms with Crippen molar-refractivity contribution in [2.75, 3.05) is 0 Å². The molecule has 2 aromatic heterocycles. The number of carbonyl (C=O) groups excluding carboxylic acids is 1. The van der Waals surface area contributed by atoms with Crippen molar-refractivity contribution in [3.63, 3.8) is 0 Å². The van der Waals surface area contributed by atoms with Gasteiger partial charge in [0.2, 0.25) is 0 Å². The molecule has 1 aromatic carbocycles. The van der Waals surface area contributed by atoms with Crippen molar-refractivity contribution in [1.82, 2.24) is 20.3 Å². The lowest BCUT2D eigenvalue weighted by molar-refractivity contribution is -0.139. The van der Waals surface area contributed by atoms with Gasteiger partial charge < -0.3 is 14.9 Å². The first-order chi connectivity index (χ1) is 12.5. The number of halogens is 1. The van der Waals surface area contributed by atoms with Gasteiger partial charge in [-0.05, 0) is 23.8 Å². The van der Waals surface area contributed by atoms with Gasteiger partial charge in [0, 0.05) is 29.9 Å². The molecular weight excluding hydrogens is 360 g/mol. The Balaban J connectivity index is 1.66. The average molecular weight is 375 g/mol. The predicted molar refractivity (Wildman–Crippen MR) is 91.9 cm³/mol. The summed E-state index contributed by atoms with van der Waals surface area (Å²) in [6, 6.07) is 8.90. The van der Waals surface area contributed by atoms with E-state index < -0.39 is 17.9 Å². The van der Waals surface area contributed by atoms with Gasteiger partial charge in [0.05, 0.1) is 0 Å². The van der Waals surface area contributed by atoms with Crippen molar-refractivity contribution < 1.29 is 19.2 Å². The first-order valence-electron chi connectivity index (χ1n) is 7.72. The van der Waals surface area contributed by atoms with E-state index in [2.05, 4.69) is 15.6 Å². The first kappa shape index (κ1) is 17.7. The molecule has 1 amide bonds. The van der Waals surface area contributed by atoms with Gasteiger partial charge in [0.1, 0.15) is 12.6 Å². The van der Waals surface area contributed by atoms with Crippen LogP contribution in [0.2, 0.25) is 5.02 Å². The van der Waals surface area contributed by atoms with Crippen molar-refractivity contribution in [1.29, 1.82) is 0 Å². The van der Waals surface area contributed by atoms with E-state index in [1.165, 1.54) is 6.07 Å². The van der Waals surface area contributed by atoms with Crippen LogP contribution < -0.4 is 5.32 Å². The largest absolute Gasteiger partial charge is 0.480 e. The maximum absolute atomic E-state index is 12.3. The number of nitrogens with one attached hydrogen (secondary N) is 1. The fourth-order valence-electron chi connectivity index (χ4n) is 2.38. The Morgan fingerprint density at radius 3 is 2.85 bits per heavy atom. The normalized spacial score (nSPS) is 11.9. The smallest absolute Gasteiger partial charge is 0.326 e. The number of hydrogen-bond donors (Lipinski definition) is 2. The zero-order chi connectivity index (χ0) is 18.5. The number of rotatable bonds is 7. The number of carboxylic acid groups (broad SMARTS) is 1. The molecule has 1 unspecified atom stereocenters. The Morgan fingerprint density at radius 2 is 2.15 bits per heavy atom. The molecule has 2 heterocycles. The minimum absolute atomic E-state index is 0.00417. The third-order valence-electron chi connectivity index (χ3n) is 3.60. The highest BCUT2D eigenvalue weighted by atomic mass is 35.5. The van der Waals surface area contributed by atoms with Gasteiger partial charge in [-0.1, -0.05) is 28.9 Å². The summed E-state index contributed by atoms with van der Waals surface area (Å²) in [5, 5.41) is 20.0. The van der Waals surface area contributed by atoms with Crippen LogP contribution in [0, 0.1) is 0 Å². The number of aliphatic carboxylic acids is 1. The zero-order valence-electron chi connectivity index (χ0n) is 13.5. The highest BCUT2D eigenvalue weighted by Crippen LogP contribution is 2.13. The van der Waals surface area contributed by atoms with Crippen LogP contribution in [-0.4, -0.2) is 38.0 Å². The summed E-state index contributed by atoms with van der Waals surface area (Å²) in [7, 11) is 0. The summed E-state index contributed by atoms with van der Waals surface area (Å²) in [5.41, 5.74) is 0.703. The van der Waals surface area contributed by atoms with Crippen LogP contribution in [0.15, 0.2) is 53.3 Å². The minimum atomic E-state index is -1.15. The lowest BCUT2D eigenvalue weighted by Gasteiger charge is -2.13. The number of carbonyl (C=O) groups is 2. The van der Waals surface area contributed by atoms with E-state index in [-0.39, 0.29) is 12.1 Å².